The highest BCUT2D eigenvalue weighted by atomic mass is 16.5. The number of hydrogen-bond donors (Lipinski definition) is 0. The molecule has 31 heavy (non-hydrogen) atoms. The fourth-order valence-electron chi connectivity index (χ4n) is 4.40. The quantitative estimate of drug-likeness (QED) is 0.560. The summed E-state index contributed by atoms with van der Waals surface area (Å²) >= 11 is 0. The van der Waals surface area contributed by atoms with Gasteiger partial charge in [-0.2, -0.15) is 0 Å². The lowest BCUT2D eigenvalue weighted by Gasteiger charge is -2.31. The van der Waals surface area contributed by atoms with Crippen LogP contribution in [0.25, 0.3) is 0 Å². The van der Waals surface area contributed by atoms with Crippen molar-refractivity contribution in [2.75, 3.05) is 35.0 Å². The largest absolute Gasteiger partial charge is 0.497 e. The first kappa shape index (κ1) is 21.1. The van der Waals surface area contributed by atoms with Gasteiger partial charge in [0.05, 0.1) is 34.5 Å². The second-order valence-electron chi connectivity index (χ2n) is 7.68. The first-order valence-electron chi connectivity index (χ1n) is 10.5. The van der Waals surface area contributed by atoms with E-state index in [1.54, 1.807) is 28.4 Å². The summed E-state index contributed by atoms with van der Waals surface area (Å²) < 4.78 is 24.6. The zero-order valence-electron chi connectivity index (χ0n) is 18.6. The summed E-state index contributed by atoms with van der Waals surface area (Å²) in [7, 11) is 6.78. The third kappa shape index (κ3) is 4.35. The van der Waals surface area contributed by atoms with E-state index in [-0.39, 0.29) is 6.04 Å². The Bertz CT molecular complexity index is 1010. The van der Waals surface area contributed by atoms with Crippen LogP contribution in [-0.2, 0) is 13.1 Å². The second kappa shape index (κ2) is 9.35. The van der Waals surface area contributed by atoms with Crippen LogP contribution in [0.1, 0.15) is 29.3 Å². The van der Waals surface area contributed by atoms with E-state index in [2.05, 4.69) is 46.0 Å². The number of hydrogen-bond acceptors (Lipinski definition) is 5. The molecule has 3 aromatic rings. The molecule has 0 N–H and O–H groups in total. The van der Waals surface area contributed by atoms with Gasteiger partial charge in [0, 0.05) is 43.2 Å². The van der Waals surface area contributed by atoms with Gasteiger partial charge in [-0.3, -0.25) is 4.90 Å². The van der Waals surface area contributed by atoms with Gasteiger partial charge in [0.25, 0.3) is 0 Å². The maximum absolute atomic E-state index is 5.66. The Kier molecular flexibility index (Phi) is 6.37. The number of benzene rings is 2. The first-order valence-corrected chi connectivity index (χ1v) is 10.5. The Morgan fingerprint density at radius 2 is 1.55 bits per heavy atom. The number of methoxy groups -OCH3 is 4. The average Bonchev–Trinajstić information content (AvgIpc) is 3.19. The number of aromatic nitrogens is 1. The van der Waals surface area contributed by atoms with Crippen LogP contribution >= 0.6 is 0 Å². The van der Waals surface area contributed by atoms with Crippen LogP contribution in [0.2, 0.25) is 0 Å². The molecule has 6 heteroatoms. The molecule has 0 bridgehead atoms. The number of rotatable bonds is 7. The maximum atomic E-state index is 5.66. The van der Waals surface area contributed by atoms with E-state index in [1.165, 1.54) is 5.69 Å². The Morgan fingerprint density at radius 1 is 0.806 bits per heavy atom. The van der Waals surface area contributed by atoms with Gasteiger partial charge in [0.2, 0.25) is 0 Å². The standard InChI is InChI=1S/C25H30N2O4/c1-28-20-8-9-24(31-4)19(15-20)17-27-12-6-11-26-10-5-7-23(26)25(27)18-13-21(29-2)16-22(14-18)30-3/h5,7-10,13-16,25H,6,11-12,17H2,1-4H3. The number of aryl methyl sites for hydroxylation is 1. The molecule has 2 heterocycles. The van der Waals surface area contributed by atoms with E-state index in [4.69, 9.17) is 18.9 Å². The van der Waals surface area contributed by atoms with Gasteiger partial charge in [-0.15, -0.1) is 0 Å². The normalized spacial score (nSPS) is 16.3. The molecule has 1 unspecified atom stereocenters. The summed E-state index contributed by atoms with van der Waals surface area (Å²) in [4.78, 5) is 2.49. The Balaban J connectivity index is 1.80. The Morgan fingerprint density at radius 3 is 2.23 bits per heavy atom. The van der Waals surface area contributed by atoms with E-state index < -0.39 is 0 Å². The summed E-state index contributed by atoms with van der Waals surface area (Å²) in [5.41, 5.74) is 3.50. The van der Waals surface area contributed by atoms with Gasteiger partial charge in [-0.1, -0.05) is 0 Å². The van der Waals surface area contributed by atoms with Gasteiger partial charge in [-0.05, 0) is 54.4 Å². The minimum atomic E-state index is 0.0532. The summed E-state index contributed by atoms with van der Waals surface area (Å²) in [5.74, 6) is 3.27. The van der Waals surface area contributed by atoms with Crippen molar-refractivity contribution in [1.29, 1.82) is 0 Å². The van der Waals surface area contributed by atoms with Crippen molar-refractivity contribution in [3.8, 4) is 23.0 Å². The van der Waals surface area contributed by atoms with Crippen molar-refractivity contribution in [3.63, 3.8) is 0 Å². The number of fused-ring (bicyclic) bond motifs is 1. The topological polar surface area (TPSA) is 45.1 Å². The lowest BCUT2D eigenvalue weighted by atomic mass is 10.00. The molecule has 6 nitrogen and oxygen atoms in total. The van der Waals surface area contributed by atoms with Gasteiger partial charge in [0.15, 0.2) is 0 Å². The summed E-state index contributed by atoms with van der Waals surface area (Å²) in [6, 6.07) is 16.5. The molecule has 2 aromatic carbocycles. The van der Waals surface area contributed by atoms with Crippen LogP contribution in [-0.4, -0.2) is 44.5 Å². The van der Waals surface area contributed by atoms with E-state index >= 15 is 0 Å². The van der Waals surface area contributed by atoms with Crippen molar-refractivity contribution in [3.05, 3.63) is 71.5 Å². The highest BCUT2D eigenvalue weighted by molar-refractivity contribution is 5.44. The highest BCUT2D eigenvalue weighted by Crippen LogP contribution is 2.38. The van der Waals surface area contributed by atoms with Crippen LogP contribution in [0, 0.1) is 0 Å². The average molecular weight is 423 g/mol. The summed E-state index contributed by atoms with van der Waals surface area (Å²) in [6.07, 6.45) is 3.22. The van der Waals surface area contributed by atoms with Crippen LogP contribution in [0.15, 0.2) is 54.7 Å². The predicted molar refractivity (Wildman–Crippen MR) is 120 cm³/mol. The molecule has 1 aliphatic heterocycles. The predicted octanol–water partition coefficient (Wildman–Crippen LogP) is 4.52. The van der Waals surface area contributed by atoms with Crippen molar-refractivity contribution >= 4 is 0 Å². The van der Waals surface area contributed by atoms with Crippen LogP contribution in [0.3, 0.4) is 0 Å². The van der Waals surface area contributed by atoms with Crippen molar-refractivity contribution in [1.82, 2.24) is 9.47 Å². The Hall–Kier alpha value is -3.12. The fourth-order valence-corrected chi connectivity index (χ4v) is 4.40. The van der Waals surface area contributed by atoms with Gasteiger partial charge in [-0.25, -0.2) is 0 Å². The molecule has 1 atom stereocenters. The van der Waals surface area contributed by atoms with Crippen LogP contribution < -0.4 is 18.9 Å². The van der Waals surface area contributed by atoms with Gasteiger partial charge in [0.1, 0.15) is 23.0 Å². The zero-order chi connectivity index (χ0) is 21.8. The van der Waals surface area contributed by atoms with Crippen molar-refractivity contribution in [2.45, 2.75) is 25.6 Å². The van der Waals surface area contributed by atoms with E-state index in [0.29, 0.717) is 0 Å². The molecule has 0 radical (unpaired) electrons. The highest BCUT2D eigenvalue weighted by Gasteiger charge is 2.29. The number of nitrogens with zero attached hydrogens (tertiary/aromatic N) is 2. The minimum Gasteiger partial charge on any atom is -0.497 e. The fraction of sp³-hybridized carbons (Fsp3) is 0.360. The molecule has 1 aromatic heterocycles. The second-order valence-corrected chi connectivity index (χ2v) is 7.68. The molecule has 1 aliphatic rings. The number of ether oxygens (including phenoxy) is 4. The molecular formula is C25H30N2O4. The van der Waals surface area contributed by atoms with Gasteiger partial charge < -0.3 is 23.5 Å². The molecule has 0 saturated heterocycles. The molecule has 0 saturated carbocycles. The maximum Gasteiger partial charge on any atom is 0.123 e. The molecule has 0 spiro atoms. The smallest absolute Gasteiger partial charge is 0.123 e. The van der Waals surface area contributed by atoms with Gasteiger partial charge >= 0.3 is 0 Å². The Labute approximate surface area is 183 Å². The van der Waals surface area contributed by atoms with Crippen molar-refractivity contribution < 1.29 is 18.9 Å². The lowest BCUT2D eigenvalue weighted by Crippen LogP contribution is -2.29. The molecular weight excluding hydrogens is 392 g/mol. The van der Waals surface area contributed by atoms with Crippen molar-refractivity contribution in [2.24, 2.45) is 0 Å². The van der Waals surface area contributed by atoms with Crippen LogP contribution in [0.5, 0.6) is 23.0 Å². The van der Waals surface area contributed by atoms with E-state index in [9.17, 15) is 0 Å². The molecule has 4 rings (SSSR count). The zero-order valence-corrected chi connectivity index (χ0v) is 18.6. The minimum absolute atomic E-state index is 0.0532. The first-order chi connectivity index (χ1) is 15.2. The van der Waals surface area contributed by atoms with Crippen LogP contribution in [0.4, 0.5) is 0 Å². The monoisotopic (exact) mass is 422 g/mol. The molecule has 0 aliphatic carbocycles. The third-order valence-corrected chi connectivity index (χ3v) is 5.90. The summed E-state index contributed by atoms with van der Waals surface area (Å²) in [6.45, 7) is 2.67. The lowest BCUT2D eigenvalue weighted by molar-refractivity contribution is 0.216. The molecule has 0 amide bonds. The van der Waals surface area contributed by atoms with E-state index in [0.717, 1.165) is 60.2 Å². The van der Waals surface area contributed by atoms with E-state index in [1.807, 2.05) is 18.2 Å². The third-order valence-electron chi connectivity index (χ3n) is 5.90. The summed E-state index contributed by atoms with van der Waals surface area (Å²) in [5, 5.41) is 0. The molecule has 164 valence electrons. The SMILES string of the molecule is COc1cc(OC)cc(C2c3cccn3CCCN2Cc2cc(OC)ccc2OC)c1. The molecule has 0 fully saturated rings.